The summed E-state index contributed by atoms with van der Waals surface area (Å²) in [6.45, 7) is 1.79. The number of carbonyl (C=O) groups excluding carboxylic acids is 1. The molecule has 1 aromatic carbocycles. The molecular formula is C23H29N7O2. The summed E-state index contributed by atoms with van der Waals surface area (Å²) in [4.78, 5) is 23.5. The molecule has 3 N–H and O–H groups in total. The molecule has 2 aromatic heterocycles. The number of benzene rings is 1. The Morgan fingerprint density at radius 3 is 2.50 bits per heavy atom. The Labute approximate surface area is 187 Å². The third-order valence-electron chi connectivity index (χ3n) is 5.64. The fourth-order valence-corrected chi connectivity index (χ4v) is 3.88. The van der Waals surface area contributed by atoms with Crippen LogP contribution in [0.3, 0.4) is 0 Å². The van der Waals surface area contributed by atoms with E-state index in [9.17, 15) is 4.79 Å². The Hall–Kier alpha value is -3.62. The lowest BCUT2D eigenvalue weighted by Crippen LogP contribution is -2.42. The van der Waals surface area contributed by atoms with Gasteiger partial charge in [-0.25, -0.2) is 9.78 Å². The molecule has 0 unspecified atom stereocenters. The van der Waals surface area contributed by atoms with Crippen LogP contribution in [0.1, 0.15) is 31.4 Å². The number of nitrogens with one attached hydrogen (secondary N) is 3. The molecule has 0 spiro atoms. The molecule has 1 fully saturated rings. The number of aryl methyl sites for hydroxylation is 1. The van der Waals surface area contributed by atoms with Gasteiger partial charge in [-0.15, -0.1) is 0 Å². The number of anilines is 3. The van der Waals surface area contributed by atoms with Crippen LogP contribution in [0.15, 0.2) is 47.1 Å². The molecule has 0 aliphatic heterocycles. The molecule has 3 aromatic rings. The zero-order valence-electron chi connectivity index (χ0n) is 18.6. The van der Waals surface area contributed by atoms with Crippen molar-refractivity contribution in [1.29, 1.82) is 0 Å². The van der Waals surface area contributed by atoms with E-state index >= 15 is 0 Å². The highest BCUT2D eigenvalue weighted by atomic mass is 16.5. The summed E-state index contributed by atoms with van der Waals surface area (Å²) in [6.07, 6.45) is 5.39. The van der Waals surface area contributed by atoms with Crippen molar-refractivity contribution in [3.63, 3.8) is 0 Å². The first-order chi connectivity index (χ1) is 15.5. The van der Waals surface area contributed by atoms with Gasteiger partial charge >= 0.3 is 6.03 Å². The molecule has 1 saturated carbocycles. The highest BCUT2D eigenvalue weighted by Gasteiger charge is 2.24. The Morgan fingerprint density at radius 1 is 1.06 bits per heavy atom. The number of rotatable bonds is 6. The lowest BCUT2D eigenvalue weighted by atomic mass is 9.91. The fourth-order valence-electron chi connectivity index (χ4n) is 3.88. The molecule has 9 nitrogen and oxygen atoms in total. The summed E-state index contributed by atoms with van der Waals surface area (Å²) in [5.41, 5.74) is 2.12. The van der Waals surface area contributed by atoms with Crippen LogP contribution in [-0.4, -0.2) is 47.3 Å². The topological polar surface area (TPSA) is 108 Å². The first kappa shape index (κ1) is 21.6. The van der Waals surface area contributed by atoms with Crippen molar-refractivity contribution in [3.8, 4) is 11.3 Å². The smallest absolute Gasteiger partial charge is 0.319 e. The molecule has 0 atom stereocenters. The van der Waals surface area contributed by atoms with Crippen molar-refractivity contribution in [2.75, 3.05) is 29.6 Å². The Balaban J connectivity index is 1.29. The van der Waals surface area contributed by atoms with Crippen LogP contribution < -0.4 is 20.9 Å². The zero-order chi connectivity index (χ0) is 22.5. The standard InChI is InChI=1S/C23H29N7O2/c1-15-20(21(29-32-15)16-7-5-4-6-8-16)28-23(31)26-18-11-9-17(10-12-18)25-22-24-14-13-19(27-22)30(2)3/h4-8,13-14,17-18H,9-12H2,1-3H3,(H,24,25,27)(H2,26,28,31). The summed E-state index contributed by atoms with van der Waals surface area (Å²) in [5, 5.41) is 13.5. The van der Waals surface area contributed by atoms with Gasteiger partial charge in [-0.05, 0) is 38.7 Å². The van der Waals surface area contributed by atoms with Crippen molar-refractivity contribution < 1.29 is 9.32 Å². The van der Waals surface area contributed by atoms with Crippen LogP contribution in [0.5, 0.6) is 0 Å². The van der Waals surface area contributed by atoms with Gasteiger partial charge in [0.25, 0.3) is 0 Å². The highest BCUT2D eigenvalue weighted by molar-refractivity contribution is 5.94. The quantitative estimate of drug-likeness (QED) is 0.536. The maximum absolute atomic E-state index is 12.7. The minimum Gasteiger partial charge on any atom is -0.363 e. The van der Waals surface area contributed by atoms with E-state index in [1.54, 1.807) is 13.1 Å². The Morgan fingerprint density at radius 2 is 1.78 bits per heavy atom. The monoisotopic (exact) mass is 435 g/mol. The van der Waals surface area contributed by atoms with Crippen LogP contribution in [0.4, 0.5) is 22.2 Å². The maximum atomic E-state index is 12.7. The van der Waals surface area contributed by atoms with E-state index < -0.39 is 0 Å². The minimum absolute atomic E-state index is 0.113. The molecule has 168 valence electrons. The van der Waals surface area contributed by atoms with Crippen molar-refractivity contribution >= 4 is 23.5 Å². The van der Waals surface area contributed by atoms with Gasteiger partial charge in [-0.1, -0.05) is 35.5 Å². The van der Waals surface area contributed by atoms with E-state index in [4.69, 9.17) is 4.52 Å². The summed E-state index contributed by atoms with van der Waals surface area (Å²) in [5.74, 6) is 2.09. The maximum Gasteiger partial charge on any atom is 0.319 e. The number of nitrogens with zero attached hydrogens (tertiary/aromatic N) is 4. The fraction of sp³-hybridized carbons (Fsp3) is 0.391. The number of urea groups is 1. The second-order valence-corrected chi connectivity index (χ2v) is 8.25. The molecule has 2 amide bonds. The normalized spacial score (nSPS) is 18.1. The van der Waals surface area contributed by atoms with Crippen molar-refractivity contribution in [2.24, 2.45) is 0 Å². The molecule has 2 heterocycles. The van der Waals surface area contributed by atoms with Crippen LogP contribution >= 0.6 is 0 Å². The van der Waals surface area contributed by atoms with Gasteiger partial charge in [0.15, 0.2) is 5.76 Å². The first-order valence-electron chi connectivity index (χ1n) is 10.9. The van der Waals surface area contributed by atoms with Crippen LogP contribution in [0.2, 0.25) is 0 Å². The van der Waals surface area contributed by atoms with Crippen molar-refractivity contribution in [1.82, 2.24) is 20.4 Å². The zero-order valence-corrected chi connectivity index (χ0v) is 18.6. The van der Waals surface area contributed by atoms with Crippen molar-refractivity contribution in [3.05, 3.63) is 48.4 Å². The number of hydrogen-bond donors (Lipinski definition) is 3. The number of aromatic nitrogens is 3. The molecule has 1 aliphatic rings. The summed E-state index contributed by atoms with van der Waals surface area (Å²) in [7, 11) is 3.91. The second-order valence-electron chi connectivity index (χ2n) is 8.25. The number of hydrogen-bond acceptors (Lipinski definition) is 7. The summed E-state index contributed by atoms with van der Waals surface area (Å²) < 4.78 is 5.32. The van der Waals surface area contributed by atoms with Crippen LogP contribution in [0, 0.1) is 6.92 Å². The predicted molar refractivity (Wildman–Crippen MR) is 125 cm³/mol. The Bertz CT molecular complexity index is 1040. The van der Waals surface area contributed by atoms with E-state index in [2.05, 4.69) is 31.1 Å². The van der Waals surface area contributed by atoms with E-state index in [-0.39, 0.29) is 12.1 Å². The lowest BCUT2D eigenvalue weighted by Gasteiger charge is -2.29. The molecule has 32 heavy (non-hydrogen) atoms. The van der Waals surface area contributed by atoms with E-state index in [1.807, 2.05) is 55.4 Å². The molecule has 9 heteroatoms. The third kappa shape index (κ3) is 5.16. The summed E-state index contributed by atoms with van der Waals surface area (Å²) >= 11 is 0. The van der Waals surface area contributed by atoms with Crippen molar-refractivity contribution in [2.45, 2.75) is 44.7 Å². The van der Waals surface area contributed by atoms with E-state index in [1.165, 1.54) is 0 Å². The van der Waals surface area contributed by atoms with Gasteiger partial charge in [0.1, 0.15) is 17.2 Å². The van der Waals surface area contributed by atoms with Crippen LogP contribution in [0.25, 0.3) is 11.3 Å². The highest BCUT2D eigenvalue weighted by Crippen LogP contribution is 2.30. The first-order valence-corrected chi connectivity index (χ1v) is 10.9. The summed E-state index contributed by atoms with van der Waals surface area (Å²) in [6, 6.07) is 11.7. The SMILES string of the molecule is Cc1onc(-c2ccccc2)c1NC(=O)NC1CCC(Nc2nccc(N(C)C)n2)CC1. The largest absolute Gasteiger partial charge is 0.363 e. The second kappa shape index (κ2) is 9.67. The third-order valence-corrected chi connectivity index (χ3v) is 5.64. The Kier molecular flexibility index (Phi) is 6.53. The van der Waals surface area contributed by atoms with Gasteiger partial charge in [0.2, 0.25) is 5.95 Å². The number of amides is 2. The lowest BCUT2D eigenvalue weighted by molar-refractivity contribution is 0.243. The van der Waals surface area contributed by atoms with E-state index in [0.29, 0.717) is 29.1 Å². The minimum atomic E-state index is -0.244. The molecule has 0 bridgehead atoms. The van der Waals surface area contributed by atoms with Gasteiger partial charge in [-0.2, -0.15) is 4.98 Å². The van der Waals surface area contributed by atoms with Gasteiger partial charge in [0, 0.05) is 37.9 Å². The molecule has 1 aliphatic carbocycles. The van der Waals surface area contributed by atoms with E-state index in [0.717, 1.165) is 37.1 Å². The van der Waals surface area contributed by atoms with Gasteiger partial charge in [0.05, 0.1) is 0 Å². The van der Waals surface area contributed by atoms with Gasteiger partial charge < -0.3 is 25.4 Å². The van der Waals surface area contributed by atoms with Gasteiger partial charge in [-0.3, -0.25) is 0 Å². The molecule has 0 radical (unpaired) electrons. The average molecular weight is 436 g/mol. The van der Waals surface area contributed by atoms with Crippen LogP contribution in [-0.2, 0) is 0 Å². The number of carbonyl (C=O) groups is 1. The average Bonchev–Trinajstić information content (AvgIpc) is 3.16. The predicted octanol–water partition coefficient (Wildman–Crippen LogP) is 4.05. The molecule has 4 rings (SSSR count). The molecular weight excluding hydrogens is 406 g/mol. The molecule has 0 saturated heterocycles.